The van der Waals surface area contributed by atoms with E-state index < -0.39 is 17.7 Å². The van der Waals surface area contributed by atoms with Crippen LogP contribution in [-0.2, 0) is 19.1 Å². The zero-order valence-corrected chi connectivity index (χ0v) is 5.42. The summed E-state index contributed by atoms with van der Waals surface area (Å²) in [5.41, 5.74) is 0. The predicted octanol–water partition coefficient (Wildman–Crippen LogP) is -0.683. The van der Waals surface area contributed by atoms with Gasteiger partial charge in [0.25, 0.3) is 5.78 Å². The van der Waals surface area contributed by atoms with Gasteiger partial charge in [-0.1, -0.05) is 0 Å². The van der Waals surface area contributed by atoms with E-state index in [1.165, 1.54) is 6.92 Å². The highest BCUT2D eigenvalue weighted by molar-refractivity contribution is 6.40. The molecule has 0 amide bonds. The third kappa shape index (κ3) is 0.920. The molecule has 0 aromatic carbocycles. The molecule has 0 aromatic rings. The van der Waals surface area contributed by atoms with Crippen molar-refractivity contribution in [1.82, 2.24) is 0 Å². The minimum Gasteiger partial charge on any atom is -0.459 e. The SMILES string of the molecule is CC(=O)C1COC(=O)C1=O. The Morgan fingerprint density at radius 1 is 1.60 bits per heavy atom. The van der Waals surface area contributed by atoms with E-state index in [4.69, 9.17) is 0 Å². The normalized spacial score (nSPS) is 24.7. The summed E-state index contributed by atoms with van der Waals surface area (Å²) in [7, 11) is 0. The van der Waals surface area contributed by atoms with Crippen molar-refractivity contribution in [2.45, 2.75) is 6.92 Å². The number of Topliss-reactive ketones (excluding diaryl/α,β-unsaturated/α-hetero) is 2. The molecule has 4 heteroatoms. The summed E-state index contributed by atoms with van der Waals surface area (Å²) >= 11 is 0. The molecule has 0 aromatic heterocycles. The summed E-state index contributed by atoms with van der Waals surface area (Å²) in [6, 6.07) is 0. The van der Waals surface area contributed by atoms with Crippen molar-refractivity contribution in [3.05, 3.63) is 0 Å². The number of hydrogen-bond acceptors (Lipinski definition) is 4. The molecule has 1 aliphatic heterocycles. The summed E-state index contributed by atoms with van der Waals surface area (Å²) < 4.78 is 4.33. The molecular formula is C6H6O4. The summed E-state index contributed by atoms with van der Waals surface area (Å²) in [6.45, 7) is 1.19. The lowest BCUT2D eigenvalue weighted by Gasteiger charge is -1.94. The molecule has 0 saturated carbocycles. The smallest absolute Gasteiger partial charge is 0.375 e. The lowest BCUT2D eigenvalue weighted by atomic mass is 10.0. The maximum Gasteiger partial charge on any atom is 0.375 e. The molecule has 1 saturated heterocycles. The van der Waals surface area contributed by atoms with Gasteiger partial charge in [0.1, 0.15) is 18.3 Å². The van der Waals surface area contributed by atoms with E-state index >= 15 is 0 Å². The van der Waals surface area contributed by atoms with Crippen LogP contribution < -0.4 is 0 Å². The maximum absolute atomic E-state index is 10.7. The van der Waals surface area contributed by atoms with Crippen molar-refractivity contribution >= 4 is 17.5 Å². The minimum absolute atomic E-state index is 0.0764. The average Bonchev–Trinajstić information content (AvgIpc) is 2.14. The zero-order chi connectivity index (χ0) is 7.72. The Kier molecular flexibility index (Phi) is 1.53. The Morgan fingerprint density at radius 3 is 2.40 bits per heavy atom. The Labute approximate surface area is 57.2 Å². The fraction of sp³-hybridized carbons (Fsp3) is 0.500. The first kappa shape index (κ1) is 6.92. The first-order valence-corrected chi connectivity index (χ1v) is 2.84. The Hall–Kier alpha value is -1.19. The van der Waals surface area contributed by atoms with Crippen LogP contribution in [0.5, 0.6) is 0 Å². The molecule has 10 heavy (non-hydrogen) atoms. The van der Waals surface area contributed by atoms with E-state index in [0.717, 1.165) is 0 Å². The van der Waals surface area contributed by atoms with Crippen LogP contribution in [-0.4, -0.2) is 24.1 Å². The second-order valence-electron chi connectivity index (χ2n) is 2.13. The van der Waals surface area contributed by atoms with Crippen LogP contribution in [0.4, 0.5) is 0 Å². The van der Waals surface area contributed by atoms with Crippen molar-refractivity contribution in [3.63, 3.8) is 0 Å². The number of cyclic esters (lactones) is 1. The molecule has 0 spiro atoms. The van der Waals surface area contributed by atoms with E-state index in [2.05, 4.69) is 4.74 Å². The molecule has 1 aliphatic rings. The van der Waals surface area contributed by atoms with E-state index in [9.17, 15) is 14.4 Å². The Bertz CT molecular complexity index is 206. The summed E-state index contributed by atoms with van der Waals surface area (Å²) in [5.74, 6) is -2.75. The largest absolute Gasteiger partial charge is 0.459 e. The van der Waals surface area contributed by atoms with E-state index in [-0.39, 0.29) is 12.4 Å². The van der Waals surface area contributed by atoms with Gasteiger partial charge in [0.2, 0.25) is 0 Å². The number of ketones is 2. The minimum atomic E-state index is -0.889. The van der Waals surface area contributed by atoms with Crippen LogP contribution in [0.1, 0.15) is 6.92 Å². The fourth-order valence-corrected chi connectivity index (χ4v) is 0.750. The van der Waals surface area contributed by atoms with Gasteiger partial charge in [0.15, 0.2) is 0 Å². The lowest BCUT2D eigenvalue weighted by molar-refractivity contribution is -0.147. The van der Waals surface area contributed by atoms with Gasteiger partial charge in [-0.3, -0.25) is 9.59 Å². The number of carbonyl (C=O) groups excluding carboxylic acids is 3. The third-order valence-electron chi connectivity index (χ3n) is 1.39. The van der Waals surface area contributed by atoms with Crippen molar-refractivity contribution in [3.8, 4) is 0 Å². The summed E-state index contributed by atoms with van der Waals surface area (Å²) in [6.07, 6.45) is 0. The van der Waals surface area contributed by atoms with Gasteiger partial charge < -0.3 is 4.74 Å². The fourth-order valence-electron chi connectivity index (χ4n) is 0.750. The molecular weight excluding hydrogens is 136 g/mol. The van der Waals surface area contributed by atoms with E-state index in [1.54, 1.807) is 0 Å². The van der Waals surface area contributed by atoms with E-state index in [0.29, 0.717) is 0 Å². The second kappa shape index (κ2) is 2.21. The highest BCUT2D eigenvalue weighted by atomic mass is 16.5. The van der Waals surface area contributed by atoms with E-state index in [1.807, 2.05) is 0 Å². The van der Waals surface area contributed by atoms with Crippen molar-refractivity contribution in [2.24, 2.45) is 5.92 Å². The predicted molar refractivity (Wildman–Crippen MR) is 30.1 cm³/mol. The molecule has 1 fully saturated rings. The lowest BCUT2D eigenvalue weighted by Crippen LogP contribution is -2.21. The quantitative estimate of drug-likeness (QED) is 0.276. The van der Waals surface area contributed by atoms with Gasteiger partial charge in [-0.2, -0.15) is 0 Å². The number of ether oxygens (including phenoxy) is 1. The third-order valence-corrected chi connectivity index (χ3v) is 1.39. The van der Waals surface area contributed by atoms with Gasteiger partial charge in [0.05, 0.1) is 0 Å². The first-order chi connectivity index (χ1) is 4.63. The van der Waals surface area contributed by atoms with Gasteiger partial charge in [-0.05, 0) is 6.92 Å². The van der Waals surface area contributed by atoms with Crippen molar-refractivity contribution in [2.75, 3.05) is 6.61 Å². The van der Waals surface area contributed by atoms with Gasteiger partial charge in [-0.25, -0.2) is 4.79 Å². The van der Waals surface area contributed by atoms with Crippen LogP contribution >= 0.6 is 0 Å². The van der Waals surface area contributed by atoms with Crippen LogP contribution in [0.2, 0.25) is 0 Å². The summed E-state index contributed by atoms with van der Waals surface area (Å²) in [4.78, 5) is 31.6. The standard InChI is InChI=1S/C6H6O4/c1-3(7)4-2-10-6(9)5(4)8/h4H,2H2,1H3. The highest BCUT2D eigenvalue weighted by Crippen LogP contribution is 2.10. The topological polar surface area (TPSA) is 60.4 Å². The van der Waals surface area contributed by atoms with Gasteiger partial charge in [-0.15, -0.1) is 0 Å². The van der Waals surface area contributed by atoms with Crippen molar-refractivity contribution in [1.29, 1.82) is 0 Å². The van der Waals surface area contributed by atoms with Gasteiger partial charge >= 0.3 is 5.97 Å². The number of rotatable bonds is 1. The molecule has 0 N–H and O–H groups in total. The number of esters is 1. The number of carbonyl (C=O) groups is 3. The highest BCUT2D eigenvalue weighted by Gasteiger charge is 2.37. The van der Waals surface area contributed by atoms with Crippen LogP contribution in [0.15, 0.2) is 0 Å². The van der Waals surface area contributed by atoms with Crippen molar-refractivity contribution < 1.29 is 19.1 Å². The molecule has 1 rings (SSSR count). The monoisotopic (exact) mass is 142 g/mol. The molecule has 0 aliphatic carbocycles. The van der Waals surface area contributed by atoms with Crippen LogP contribution in [0, 0.1) is 5.92 Å². The average molecular weight is 142 g/mol. The first-order valence-electron chi connectivity index (χ1n) is 2.84. The number of hydrogen-bond donors (Lipinski definition) is 0. The Morgan fingerprint density at radius 2 is 2.20 bits per heavy atom. The molecule has 1 atom stereocenters. The Balaban J connectivity index is 2.76. The zero-order valence-electron chi connectivity index (χ0n) is 5.42. The molecule has 54 valence electrons. The maximum atomic E-state index is 10.7. The molecule has 1 unspecified atom stereocenters. The second-order valence-corrected chi connectivity index (χ2v) is 2.13. The molecule has 0 radical (unpaired) electrons. The molecule has 1 heterocycles. The molecule has 0 bridgehead atoms. The van der Waals surface area contributed by atoms with Crippen LogP contribution in [0.3, 0.4) is 0 Å². The van der Waals surface area contributed by atoms with Gasteiger partial charge in [0, 0.05) is 0 Å². The molecule has 4 nitrogen and oxygen atoms in total. The van der Waals surface area contributed by atoms with Crippen LogP contribution in [0.25, 0.3) is 0 Å². The summed E-state index contributed by atoms with van der Waals surface area (Å²) in [5, 5.41) is 0.